The first-order valence-corrected chi connectivity index (χ1v) is 38.6. The van der Waals surface area contributed by atoms with E-state index in [4.69, 9.17) is 19.9 Å². The van der Waals surface area contributed by atoms with Crippen LogP contribution in [-0.2, 0) is 0 Å². The zero-order chi connectivity index (χ0) is 72.5. The maximum Gasteiger partial charge on any atom is 0.108 e. The number of fused-ring (bicyclic) bond motifs is 4. The summed E-state index contributed by atoms with van der Waals surface area (Å²) in [7, 11) is 0. The highest BCUT2D eigenvalue weighted by Crippen LogP contribution is 2.53. The van der Waals surface area contributed by atoms with Crippen LogP contribution in [0.5, 0.6) is 0 Å². The number of aryl methyl sites for hydroxylation is 6. The Morgan fingerprint density at radius 2 is 0.559 bits per heavy atom. The molecule has 12 nitrogen and oxygen atoms in total. The second-order valence-corrected chi connectivity index (χ2v) is 31.3. The van der Waals surface area contributed by atoms with Gasteiger partial charge in [0.25, 0.3) is 0 Å². The molecule has 8 heterocycles. The maximum atomic E-state index is 4.77. The summed E-state index contributed by atoms with van der Waals surface area (Å²) in [5.74, 6) is 1.82. The molecule has 0 unspecified atom stereocenters. The molecule has 4 aromatic heterocycles. The smallest absolute Gasteiger partial charge is 0.108 e. The Morgan fingerprint density at radius 1 is 0.284 bits per heavy atom. The van der Waals surface area contributed by atoms with Gasteiger partial charge in [0.1, 0.15) is 24.7 Å². The highest BCUT2D eigenvalue weighted by atomic mass is 15.5. The maximum absolute atomic E-state index is 4.77. The normalized spacial score (nSPS) is 18.6. The zero-order valence-electron chi connectivity index (χ0n) is 65.2. The number of aromatic nitrogens is 4. The summed E-state index contributed by atoms with van der Waals surface area (Å²) >= 11 is 0. The molecule has 2 fully saturated rings. The summed E-state index contributed by atoms with van der Waals surface area (Å²) < 4.78 is 0. The van der Waals surface area contributed by atoms with E-state index in [1.807, 2.05) is 12.4 Å². The fourth-order valence-electron chi connectivity index (χ4n) is 17.3. The van der Waals surface area contributed by atoms with Gasteiger partial charge in [-0.05, 0) is 239 Å². The predicted molar refractivity (Wildman–Crippen MR) is 434 cm³/mol. The van der Waals surface area contributed by atoms with E-state index in [9.17, 15) is 0 Å². The van der Waals surface area contributed by atoms with Crippen molar-refractivity contribution in [3.05, 3.63) is 220 Å². The molecule has 15 rings (SSSR count). The standard InChI is InChI=1S/C25H29N3.C23H31N3.C22H29N3.C20H27N3/c1-16(2)21-14-19(5)24(15-26-21)27-20(6)28(23-13-8-7-12-22(23)27)25-17(3)10-9-11-18(25)4;1-16(2)20-14-17(3)23(15-24-20)26-18(4)25(19-10-6-5-7-11-19)21-12-8-9-13-22(21)26;1-15(2)19-13-16(3)22(14-23-19)25-17(4)24(18-9-5-6-10-18)20-11-7-8-12-21(20)25;1-13(2)17-11-15(5)20(12-21-17)23-16(6)22(14(3)4)18-9-7-8-10-19(18)23/h7-16,20H,1-6H3;8-9,12-16,18-19H,5-7,10-11H2,1-4H3;7-8,11-15,17-18H,5-6,9-10H2,1-4H3;7-14,16H,1-6H3/t20-;18-;17-;16-/m0111/s1. The third-order valence-electron chi connectivity index (χ3n) is 22.5. The van der Waals surface area contributed by atoms with E-state index in [1.54, 1.807) is 0 Å². The number of anilines is 13. The number of rotatable bonds is 12. The molecular formula is C90H116N12. The van der Waals surface area contributed by atoms with Gasteiger partial charge in [-0.15, -0.1) is 0 Å². The fourth-order valence-corrected chi connectivity index (χ4v) is 17.3. The van der Waals surface area contributed by atoms with Gasteiger partial charge >= 0.3 is 0 Å². The van der Waals surface area contributed by atoms with Crippen LogP contribution in [0, 0.1) is 41.5 Å². The van der Waals surface area contributed by atoms with Crippen LogP contribution >= 0.6 is 0 Å². The molecule has 5 aromatic carbocycles. The molecule has 6 aliphatic rings. The first-order valence-electron chi connectivity index (χ1n) is 38.6. The Hall–Kier alpha value is -8.90. The first kappa shape index (κ1) is 72.9. The number of hydrogen-bond acceptors (Lipinski definition) is 12. The van der Waals surface area contributed by atoms with Gasteiger partial charge in [-0.3, -0.25) is 19.9 Å². The Kier molecular flexibility index (Phi) is 22.1. The summed E-state index contributed by atoms with van der Waals surface area (Å²) in [6, 6.07) is 52.4. The molecule has 4 atom stereocenters. The number of benzene rings is 5. The molecule has 0 saturated heterocycles. The quantitative estimate of drug-likeness (QED) is 0.117. The van der Waals surface area contributed by atoms with Crippen molar-refractivity contribution in [2.75, 3.05) is 39.2 Å². The lowest BCUT2D eigenvalue weighted by Gasteiger charge is -2.38. The SMILES string of the molecule is Cc1cc(C(C)C)ncc1N1c2ccccc2N(C(C)C)[C@H]1C.Cc1cc(C(C)C)ncc1N1c2ccccc2N(C2CCCC2)[C@H]1C.Cc1cc(C(C)C)ncc1N1c2ccccc2N(C2CCCCC2)[C@H]1C.Cc1cc(C(C)C)ncc1N1c2ccccc2N(c2c(C)cccc2C)[C@H]1C. The molecule has 0 bridgehead atoms. The summed E-state index contributed by atoms with van der Waals surface area (Å²) in [4.78, 5) is 39.1. The number of para-hydroxylation sites is 9. The van der Waals surface area contributed by atoms with Gasteiger partial charge in [-0.2, -0.15) is 0 Å². The molecule has 0 N–H and O–H groups in total. The minimum absolute atomic E-state index is 0.169. The van der Waals surface area contributed by atoms with E-state index in [0.29, 0.717) is 54.1 Å². The average molecular weight is 1370 g/mol. The molecule has 0 radical (unpaired) electrons. The van der Waals surface area contributed by atoms with Crippen molar-refractivity contribution in [3.63, 3.8) is 0 Å². The molecular weight excluding hydrogens is 1250 g/mol. The van der Waals surface area contributed by atoms with Crippen LogP contribution < -0.4 is 39.2 Å². The summed E-state index contributed by atoms with van der Waals surface area (Å²) in [5, 5.41) is 0. The summed E-state index contributed by atoms with van der Waals surface area (Å²) in [6.45, 7) is 44.6. The van der Waals surface area contributed by atoms with Crippen molar-refractivity contribution < 1.29 is 0 Å². The van der Waals surface area contributed by atoms with Crippen LogP contribution in [0.4, 0.5) is 73.9 Å². The highest BCUT2D eigenvalue weighted by Gasteiger charge is 2.42. The van der Waals surface area contributed by atoms with Crippen molar-refractivity contribution in [1.29, 1.82) is 0 Å². The van der Waals surface area contributed by atoms with Crippen molar-refractivity contribution >= 4 is 73.9 Å². The molecule has 12 heteroatoms. The Balaban J connectivity index is 0.000000129. The van der Waals surface area contributed by atoms with Crippen LogP contribution in [0.2, 0.25) is 0 Å². The number of nitrogens with zero attached hydrogens (tertiary/aromatic N) is 12. The van der Waals surface area contributed by atoms with Gasteiger partial charge in [-0.25, -0.2) is 0 Å². The van der Waals surface area contributed by atoms with Gasteiger partial charge in [0.05, 0.1) is 93.0 Å². The third kappa shape index (κ3) is 14.2. The van der Waals surface area contributed by atoms with Crippen molar-refractivity contribution in [1.82, 2.24) is 19.9 Å². The van der Waals surface area contributed by atoms with E-state index in [1.165, 1.54) is 176 Å². The van der Waals surface area contributed by atoms with Crippen molar-refractivity contribution in [2.45, 2.75) is 263 Å². The predicted octanol–water partition coefficient (Wildman–Crippen LogP) is 23.9. The second kappa shape index (κ2) is 31.0. The Labute approximate surface area is 612 Å². The fraction of sp³-hybridized carbons (Fsp3) is 0.444. The molecule has 9 aromatic rings. The van der Waals surface area contributed by atoms with Crippen molar-refractivity contribution in [2.24, 2.45) is 0 Å². The topological polar surface area (TPSA) is 77.5 Å². The minimum atomic E-state index is 0.169. The molecule has 536 valence electrons. The summed E-state index contributed by atoms with van der Waals surface area (Å²) in [6.07, 6.45) is 21.5. The Bertz CT molecular complexity index is 4350. The average Bonchev–Trinajstić information content (AvgIpc) is 1.61. The van der Waals surface area contributed by atoms with Gasteiger partial charge in [0.15, 0.2) is 0 Å². The van der Waals surface area contributed by atoms with E-state index in [-0.39, 0.29) is 12.3 Å². The van der Waals surface area contributed by atoms with Gasteiger partial charge in [0, 0.05) is 46.6 Å². The Morgan fingerprint density at radius 3 is 0.882 bits per heavy atom. The lowest BCUT2D eigenvalue weighted by atomic mass is 9.93. The highest BCUT2D eigenvalue weighted by molar-refractivity contribution is 5.91. The van der Waals surface area contributed by atoms with Crippen LogP contribution in [0.25, 0.3) is 0 Å². The first-order chi connectivity index (χ1) is 49.0. The lowest BCUT2D eigenvalue weighted by molar-refractivity contribution is 0.400. The molecule has 4 aliphatic heterocycles. The largest absolute Gasteiger partial charge is 0.347 e. The zero-order valence-corrected chi connectivity index (χ0v) is 65.2. The van der Waals surface area contributed by atoms with Crippen LogP contribution in [-0.4, -0.2) is 62.7 Å². The third-order valence-corrected chi connectivity index (χ3v) is 22.5. The second-order valence-electron chi connectivity index (χ2n) is 31.3. The van der Waals surface area contributed by atoms with Crippen LogP contribution in [0.1, 0.15) is 235 Å². The van der Waals surface area contributed by atoms with Crippen LogP contribution in [0.15, 0.2) is 164 Å². The van der Waals surface area contributed by atoms with Gasteiger partial charge in [0.2, 0.25) is 0 Å². The van der Waals surface area contributed by atoms with E-state index >= 15 is 0 Å². The number of pyridine rings is 4. The summed E-state index contributed by atoms with van der Waals surface area (Å²) in [5.41, 5.74) is 29.1. The van der Waals surface area contributed by atoms with E-state index < -0.39 is 0 Å². The molecule has 2 saturated carbocycles. The molecule has 0 amide bonds. The molecule has 2 aliphatic carbocycles. The molecule has 0 spiro atoms. The van der Waals surface area contributed by atoms with Gasteiger partial charge in [-0.1, -0.05) is 154 Å². The van der Waals surface area contributed by atoms with E-state index in [2.05, 4.69) is 330 Å². The molecule has 102 heavy (non-hydrogen) atoms. The van der Waals surface area contributed by atoms with Gasteiger partial charge < -0.3 is 39.2 Å². The lowest BCUT2D eigenvalue weighted by Crippen LogP contribution is -2.45. The minimum Gasteiger partial charge on any atom is -0.347 e. The van der Waals surface area contributed by atoms with E-state index in [0.717, 1.165) is 11.4 Å². The van der Waals surface area contributed by atoms with Crippen molar-refractivity contribution in [3.8, 4) is 0 Å². The number of hydrogen-bond donors (Lipinski definition) is 0. The van der Waals surface area contributed by atoms with Crippen LogP contribution in [0.3, 0.4) is 0 Å². The monoisotopic (exact) mass is 1360 g/mol.